The molecule has 5 nitrogen and oxygen atoms in total. The third kappa shape index (κ3) is 5.79. The molecule has 0 aliphatic carbocycles. The molecule has 0 aliphatic heterocycles. The second-order valence-electron chi connectivity index (χ2n) is 5.04. The van der Waals surface area contributed by atoms with Crippen LogP contribution in [0.2, 0.25) is 0 Å². The highest BCUT2D eigenvalue weighted by Gasteiger charge is 2.15. The molecule has 6 heteroatoms. The summed E-state index contributed by atoms with van der Waals surface area (Å²) in [5.41, 5.74) is 3.82. The summed E-state index contributed by atoms with van der Waals surface area (Å²) >= 11 is 0. The van der Waals surface area contributed by atoms with Crippen molar-refractivity contribution in [3.63, 3.8) is 0 Å². The Balaban J connectivity index is 0.000000399. The zero-order valence-electron chi connectivity index (χ0n) is 13.2. The molecule has 0 saturated carbocycles. The van der Waals surface area contributed by atoms with Gasteiger partial charge in [-0.25, -0.2) is 23.1 Å². The summed E-state index contributed by atoms with van der Waals surface area (Å²) < 4.78 is 39.8. The summed E-state index contributed by atoms with van der Waals surface area (Å²) in [7, 11) is -4.94. The molecule has 25 heavy (non-hydrogen) atoms. The summed E-state index contributed by atoms with van der Waals surface area (Å²) in [5.74, 6) is 0.807. The van der Waals surface area contributed by atoms with Gasteiger partial charge in [0.05, 0.1) is 16.8 Å². The molecule has 0 saturated heterocycles. The lowest BCUT2D eigenvalue weighted by Crippen LogP contribution is -2.68. The third-order valence-electron chi connectivity index (χ3n) is 3.31. The number of rotatable bonds is 2. The van der Waals surface area contributed by atoms with Crippen molar-refractivity contribution in [3.8, 4) is 22.5 Å². The standard InChI is InChI=1S/C19H15O.ClHO4/c1-14-15(2)20-19(17-11-7-4-8-12-17)13-18(14)16-9-5-3-6-10-16;2-1(3,4)5/h3-13H,1-2H2;(H,2,3,4,5)/q+1;/p-1. The van der Waals surface area contributed by atoms with Gasteiger partial charge in [0.25, 0.3) is 0 Å². The maximum Gasteiger partial charge on any atom is 0.361 e. The van der Waals surface area contributed by atoms with Gasteiger partial charge in [0.2, 0.25) is 0 Å². The molecule has 1 heterocycles. The molecule has 0 unspecified atom stereocenters. The van der Waals surface area contributed by atoms with Gasteiger partial charge in [-0.3, -0.25) is 0 Å². The molecule has 1 aromatic heterocycles. The van der Waals surface area contributed by atoms with E-state index in [2.05, 4.69) is 25.3 Å². The van der Waals surface area contributed by atoms with E-state index in [1.54, 1.807) is 0 Å². The van der Waals surface area contributed by atoms with Gasteiger partial charge in [-0.2, -0.15) is 0 Å². The molecule has 0 atom stereocenters. The van der Waals surface area contributed by atoms with E-state index < -0.39 is 10.2 Å². The number of hydrogen-bond acceptors (Lipinski definition) is 4. The highest BCUT2D eigenvalue weighted by atomic mass is 35.7. The minimum atomic E-state index is -4.94. The lowest BCUT2D eigenvalue weighted by Gasteiger charge is -2.17. The average Bonchev–Trinajstić information content (AvgIpc) is 2.57. The fourth-order valence-electron chi connectivity index (χ4n) is 2.21. The largest absolute Gasteiger partial charge is 0.361 e. The number of halogens is 1. The molecule has 0 aliphatic rings. The first-order valence-corrected chi connectivity index (χ1v) is 8.37. The third-order valence-corrected chi connectivity index (χ3v) is 3.31. The zero-order valence-corrected chi connectivity index (χ0v) is 13.9. The van der Waals surface area contributed by atoms with E-state index in [-0.39, 0.29) is 0 Å². The second-order valence-corrected chi connectivity index (χ2v) is 5.79. The Kier molecular flexibility index (Phi) is 6.03. The fraction of sp³-hybridized carbons (Fsp3) is 0. The van der Waals surface area contributed by atoms with Gasteiger partial charge < -0.3 is 0 Å². The van der Waals surface area contributed by atoms with Crippen LogP contribution in [0.4, 0.5) is 0 Å². The van der Waals surface area contributed by atoms with Crippen molar-refractivity contribution in [3.05, 3.63) is 77.4 Å². The quantitative estimate of drug-likeness (QED) is 0.544. The molecule has 128 valence electrons. The Labute approximate surface area is 146 Å². The van der Waals surface area contributed by atoms with Crippen LogP contribution in [0, 0.1) is 10.2 Å². The first-order chi connectivity index (χ1) is 11.8. The summed E-state index contributed by atoms with van der Waals surface area (Å²) in [6, 6.07) is 22.2. The van der Waals surface area contributed by atoms with Crippen molar-refractivity contribution in [2.24, 2.45) is 0 Å². The molecular formula is C19H15ClO5. The van der Waals surface area contributed by atoms with Crippen molar-refractivity contribution < 1.29 is 33.3 Å². The molecule has 0 radical (unpaired) electrons. The highest BCUT2D eigenvalue weighted by Crippen LogP contribution is 2.22. The van der Waals surface area contributed by atoms with Gasteiger partial charge in [-0.15, -0.1) is 10.2 Å². The zero-order chi connectivity index (χ0) is 18.4. The van der Waals surface area contributed by atoms with Gasteiger partial charge in [-0.05, 0) is 17.7 Å². The van der Waals surface area contributed by atoms with Gasteiger partial charge in [0.1, 0.15) is 0 Å². The Morgan fingerprint density at radius 2 is 1.16 bits per heavy atom. The van der Waals surface area contributed by atoms with Crippen LogP contribution >= 0.6 is 0 Å². The molecule has 0 spiro atoms. The smallest absolute Gasteiger partial charge is 0.222 e. The van der Waals surface area contributed by atoms with E-state index in [0.29, 0.717) is 5.42 Å². The van der Waals surface area contributed by atoms with Crippen molar-refractivity contribution in [1.29, 1.82) is 0 Å². The van der Waals surface area contributed by atoms with Crippen molar-refractivity contribution in [2.45, 2.75) is 0 Å². The fourth-order valence-corrected chi connectivity index (χ4v) is 2.21. The molecule has 0 fully saturated rings. The van der Waals surface area contributed by atoms with E-state index in [0.717, 1.165) is 27.7 Å². The normalized spacial score (nSPS) is 10.7. The SMILES string of the molecule is C=c1[o+]c(-c2ccccc2)cc(-c2ccccc2)c1=C.[O-][Cl+3]([O-])([O-])[O-]. The van der Waals surface area contributed by atoms with Gasteiger partial charge in [-0.1, -0.05) is 55.1 Å². The summed E-state index contributed by atoms with van der Waals surface area (Å²) in [4.78, 5) is 0. The molecular weight excluding hydrogens is 344 g/mol. The highest BCUT2D eigenvalue weighted by molar-refractivity contribution is 5.69. The van der Waals surface area contributed by atoms with Crippen LogP contribution in [0.25, 0.3) is 35.6 Å². The molecule has 2 aromatic carbocycles. The van der Waals surface area contributed by atoms with Gasteiger partial charge in [0, 0.05) is 12.1 Å². The van der Waals surface area contributed by atoms with Crippen LogP contribution in [0.3, 0.4) is 0 Å². The predicted octanol–water partition coefficient (Wildman–Crippen LogP) is -1.04. The monoisotopic (exact) mass is 358 g/mol. The first kappa shape index (κ1) is 18.8. The Hall–Kier alpha value is -2.54. The number of hydrogen-bond donors (Lipinski definition) is 0. The molecule has 0 N–H and O–H groups in total. The van der Waals surface area contributed by atoms with Crippen molar-refractivity contribution in [2.75, 3.05) is 0 Å². The minimum Gasteiger partial charge on any atom is -0.222 e. The van der Waals surface area contributed by atoms with E-state index in [9.17, 15) is 0 Å². The Morgan fingerprint density at radius 3 is 1.64 bits per heavy atom. The van der Waals surface area contributed by atoms with E-state index >= 15 is 0 Å². The molecule has 3 aromatic rings. The topological polar surface area (TPSA) is 104 Å². The molecule has 0 amide bonds. The van der Waals surface area contributed by atoms with Gasteiger partial charge in [0.15, 0.2) is 0 Å². The van der Waals surface area contributed by atoms with Crippen LogP contribution in [0.15, 0.2) is 71.1 Å². The number of benzene rings is 2. The second kappa shape index (κ2) is 8.02. The van der Waals surface area contributed by atoms with Gasteiger partial charge >= 0.3 is 11.2 Å². The minimum absolute atomic E-state index is 0.602. The van der Waals surface area contributed by atoms with E-state index in [4.69, 9.17) is 23.1 Å². The molecule has 0 bridgehead atoms. The maximum atomic E-state index is 8.49. The Morgan fingerprint density at radius 1 is 0.720 bits per heavy atom. The van der Waals surface area contributed by atoms with E-state index in [1.165, 1.54) is 0 Å². The summed E-state index contributed by atoms with van der Waals surface area (Å²) in [5, 5.41) is 0.830. The maximum absolute atomic E-state index is 8.49. The van der Waals surface area contributed by atoms with Crippen LogP contribution in [0.1, 0.15) is 0 Å². The van der Waals surface area contributed by atoms with Crippen molar-refractivity contribution in [1.82, 2.24) is 0 Å². The lowest BCUT2D eigenvalue weighted by molar-refractivity contribution is -2.00. The van der Waals surface area contributed by atoms with Crippen LogP contribution in [0.5, 0.6) is 0 Å². The predicted molar refractivity (Wildman–Crippen MR) is 84.3 cm³/mol. The first-order valence-electron chi connectivity index (χ1n) is 7.13. The van der Waals surface area contributed by atoms with Crippen LogP contribution in [-0.4, -0.2) is 0 Å². The van der Waals surface area contributed by atoms with Crippen LogP contribution < -0.4 is 29.3 Å². The molecule has 3 rings (SSSR count). The average molecular weight is 359 g/mol. The van der Waals surface area contributed by atoms with E-state index in [1.807, 2.05) is 54.6 Å². The van der Waals surface area contributed by atoms with Crippen LogP contribution in [-0.2, 0) is 0 Å². The summed E-state index contributed by atoms with van der Waals surface area (Å²) in [6.07, 6.45) is 0. The Bertz CT molecular complexity index is 916. The van der Waals surface area contributed by atoms with Crippen molar-refractivity contribution >= 4 is 13.2 Å². The summed E-state index contributed by atoms with van der Waals surface area (Å²) in [6.45, 7) is 8.04. The lowest BCUT2D eigenvalue weighted by atomic mass is 10.0.